The molecule has 1 amide bonds. The predicted octanol–water partition coefficient (Wildman–Crippen LogP) is 1.64. The highest BCUT2D eigenvalue weighted by Crippen LogP contribution is 2.33. The molecule has 0 aliphatic heterocycles. The van der Waals surface area contributed by atoms with E-state index in [4.69, 9.17) is 19.0 Å². The average Bonchev–Trinajstić information content (AvgIpc) is 2.60. The van der Waals surface area contributed by atoms with E-state index in [0.717, 1.165) is 0 Å². The Kier molecular flexibility index (Phi) is 6.21. The highest BCUT2D eigenvalue weighted by molar-refractivity contribution is 5.90. The maximum atomic E-state index is 12.3. The van der Waals surface area contributed by atoms with Crippen molar-refractivity contribution in [3.05, 3.63) is 33.7 Å². The number of fused-ring (bicyclic) bond motifs is 1. The van der Waals surface area contributed by atoms with E-state index in [0.29, 0.717) is 34.5 Å². The van der Waals surface area contributed by atoms with Crippen molar-refractivity contribution in [2.75, 3.05) is 20.8 Å². The predicted molar refractivity (Wildman–Crippen MR) is 93.9 cm³/mol. The van der Waals surface area contributed by atoms with Crippen LogP contribution in [-0.4, -0.2) is 37.7 Å². The Morgan fingerprint density at radius 1 is 1.23 bits per heavy atom. The quantitative estimate of drug-likeness (QED) is 0.541. The average molecular weight is 363 g/mol. The zero-order chi connectivity index (χ0) is 19.3. The van der Waals surface area contributed by atoms with Gasteiger partial charge in [0.2, 0.25) is 5.91 Å². The molecule has 1 aromatic heterocycles. The standard InChI is InChI=1S/C18H21NO7/c1-10-12(9-15(20)19-6-4-5-16(21)22)18(23)26-14-8-11(24-2)7-13(25-3)17(10)14/h7-8H,4-6,9H2,1-3H3,(H,19,20)(H,21,22). The van der Waals surface area contributed by atoms with Crippen molar-refractivity contribution < 1.29 is 28.6 Å². The van der Waals surface area contributed by atoms with Crippen LogP contribution >= 0.6 is 0 Å². The molecule has 2 rings (SSSR count). The Hall–Kier alpha value is -3.03. The largest absolute Gasteiger partial charge is 0.496 e. The van der Waals surface area contributed by atoms with E-state index in [-0.39, 0.29) is 30.9 Å². The molecular weight excluding hydrogens is 342 g/mol. The molecule has 0 aliphatic carbocycles. The van der Waals surface area contributed by atoms with Crippen LogP contribution in [0, 0.1) is 6.92 Å². The molecule has 0 unspecified atom stereocenters. The van der Waals surface area contributed by atoms with Gasteiger partial charge in [-0.05, 0) is 18.9 Å². The summed E-state index contributed by atoms with van der Waals surface area (Å²) < 4.78 is 15.9. The van der Waals surface area contributed by atoms with Gasteiger partial charge in [-0.15, -0.1) is 0 Å². The van der Waals surface area contributed by atoms with Gasteiger partial charge in [0, 0.05) is 25.1 Å². The Balaban J connectivity index is 2.29. The lowest BCUT2D eigenvalue weighted by Gasteiger charge is -2.12. The summed E-state index contributed by atoms with van der Waals surface area (Å²) in [6.45, 7) is 1.95. The summed E-state index contributed by atoms with van der Waals surface area (Å²) in [5.41, 5.74) is 0.536. The van der Waals surface area contributed by atoms with Gasteiger partial charge in [0.25, 0.3) is 0 Å². The van der Waals surface area contributed by atoms with Crippen LogP contribution in [0.3, 0.4) is 0 Å². The first kappa shape index (κ1) is 19.3. The Bertz CT molecular complexity index is 885. The van der Waals surface area contributed by atoms with Gasteiger partial charge < -0.3 is 24.3 Å². The van der Waals surface area contributed by atoms with Crippen molar-refractivity contribution in [1.29, 1.82) is 0 Å². The zero-order valence-corrected chi connectivity index (χ0v) is 14.9. The summed E-state index contributed by atoms with van der Waals surface area (Å²) in [6.07, 6.45) is 0.128. The zero-order valence-electron chi connectivity index (χ0n) is 14.9. The third kappa shape index (κ3) is 4.33. The first-order valence-corrected chi connectivity index (χ1v) is 8.04. The molecule has 2 N–H and O–H groups in total. The number of aliphatic carboxylic acids is 1. The smallest absolute Gasteiger partial charge is 0.340 e. The van der Waals surface area contributed by atoms with E-state index in [1.165, 1.54) is 14.2 Å². The molecule has 0 aliphatic rings. The van der Waals surface area contributed by atoms with E-state index in [9.17, 15) is 14.4 Å². The lowest BCUT2D eigenvalue weighted by molar-refractivity contribution is -0.137. The van der Waals surface area contributed by atoms with E-state index >= 15 is 0 Å². The number of nitrogens with one attached hydrogen (secondary N) is 1. The summed E-state index contributed by atoms with van der Waals surface area (Å²) in [5, 5.41) is 11.8. The van der Waals surface area contributed by atoms with Crippen molar-refractivity contribution in [2.24, 2.45) is 0 Å². The number of methoxy groups -OCH3 is 2. The molecule has 140 valence electrons. The number of rotatable bonds is 8. The van der Waals surface area contributed by atoms with Crippen LogP contribution < -0.4 is 20.4 Å². The fourth-order valence-electron chi connectivity index (χ4n) is 2.66. The molecule has 0 saturated heterocycles. The topological polar surface area (TPSA) is 115 Å². The molecule has 2 aromatic rings. The molecule has 0 spiro atoms. The number of carbonyl (C=O) groups excluding carboxylic acids is 1. The van der Waals surface area contributed by atoms with Crippen LogP contribution in [0.5, 0.6) is 11.5 Å². The Morgan fingerprint density at radius 2 is 1.96 bits per heavy atom. The van der Waals surface area contributed by atoms with Crippen LogP contribution in [0.25, 0.3) is 11.0 Å². The minimum atomic E-state index is -0.923. The number of carboxylic acids is 1. The van der Waals surface area contributed by atoms with Gasteiger partial charge in [-0.25, -0.2) is 4.79 Å². The number of carboxylic acid groups (broad SMARTS) is 1. The lowest BCUT2D eigenvalue weighted by Crippen LogP contribution is -2.29. The van der Waals surface area contributed by atoms with Gasteiger partial charge in [-0.3, -0.25) is 9.59 Å². The maximum Gasteiger partial charge on any atom is 0.340 e. The highest BCUT2D eigenvalue weighted by atomic mass is 16.5. The number of hydrogen-bond acceptors (Lipinski definition) is 6. The van der Waals surface area contributed by atoms with Crippen molar-refractivity contribution in [3.8, 4) is 11.5 Å². The van der Waals surface area contributed by atoms with Crippen molar-refractivity contribution >= 4 is 22.8 Å². The normalized spacial score (nSPS) is 10.6. The summed E-state index contributed by atoms with van der Waals surface area (Å²) in [6, 6.07) is 3.26. The molecule has 26 heavy (non-hydrogen) atoms. The van der Waals surface area contributed by atoms with Crippen molar-refractivity contribution in [3.63, 3.8) is 0 Å². The summed E-state index contributed by atoms with van der Waals surface area (Å²) in [4.78, 5) is 34.8. The third-order valence-electron chi connectivity index (χ3n) is 4.00. The molecule has 0 saturated carbocycles. The molecular formula is C18H21NO7. The molecule has 1 aromatic carbocycles. The summed E-state index contributed by atoms with van der Waals surface area (Å²) in [7, 11) is 2.99. The third-order valence-corrected chi connectivity index (χ3v) is 4.00. The van der Waals surface area contributed by atoms with Crippen LogP contribution in [0.2, 0.25) is 0 Å². The lowest BCUT2D eigenvalue weighted by atomic mass is 10.0. The number of benzene rings is 1. The minimum Gasteiger partial charge on any atom is -0.496 e. The molecule has 8 nitrogen and oxygen atoms in total. The molecule has 8 heteroatoms. The molecule has 0 radical (unpaired) electrons. The summed E-state index contributed by atoms with van der Waals surface area (Å²) in [5.74, 6) is -0.338. The highest BCUT2D eigenvalue weighted by Gasteiger charge is 2.18. The maximum absolute atomic E-state index is 12.3. The van der Waals surface area contributed by atoms with Crippen LogP contribution in [-0.2, 0) is 16.0 Å². The second-order valence-corrected chi connectivity index (χ2v) is 5.72. The van der Waals surface area contributed by atoms with Crippen molar-refractivity contribution in [1.82, 2.24) is 5.32 Å². The van der Waals surface area contributed by atoms with E-state index in [1.807, 2.05) is 0 Å². The number of carbonyl (C=O) groups is 2. The number of amides is 1. The second kappa shape index (κ2) is 8.37. The second-order valence-electron chi connectivity index (χ2n) is 5.72. The van der Waals surface area contributed by atoms with Crippen LogP contribution in [0.4, 0.5) is 0 Å². The molecule has 1 heterocycles. The van der Waals surface area contributed by atoms with Gasteiger partial charge >= 0.3 is 11.6 Å². The van der Waals surface area contributed by atoms with Gasteiger partial charge in [0.05, 0.1) is 31.6 Å². The molecule has 0 fully saturated rings. The van der Waals surface area contributed by atoms with E-state index in [1.54, 1.807) is 19.1 Å². The number of ether oxygens (including phenoxy) is 2. The minimum absolute atomic E-state index is 0.0313. The fraction of sp³-hybridized carbons (Fsp3) is 0.389. The van der Waals surface area contributed by atoms with Crippen LogP contribution in [0.1, 0.15) is 24.0 Å². The summed E-state index contributed by atoms with van der Waals surface area (Å²) >= 11 is 0. The van der Waals surface area contributed by atoms with E-state index < -0.39 is 11.6 Å². The van der Waals surface area contributed by atoms with Gasteiger partial charge in [-0.2, -0.15) is 0 Å². The fourth-order valence-corrected chi connectivity index (χ4v) is 2.66. The van der Waals surface area contributed by atoms with Gasteiger partial charge in [-0.1, -0.05) is 0 Å². The van der Waals surface area contributed by atoms with Gasteiger partial charge in [0.1, 0.15) is 17.1 Å². The first-order valence-electron chi connectivity index (χ1n) is 8.04. The SMILES string of the molecule is COc1cc(OC)c2c(C)c(CC(=O)NCCCC(=O)O)c(=O)oc2c1. The monoisotopic (exact) mass is 363 g/mol. The number of hydrogen-bond donors (Lipinski definition) is 2. The Labute approximate surface area is 149 Å². The Morgan fingerprint density at radius 3 is 2.58 bits per heavy atom. The van der Waals surface area contributed by atoms with E-state index in [2.05, 4.69) is 5.32 Å². The first-order chi connectivity index (χ1) is 12.4. The van der Waals surface area contributed by atoms with Crippen molar-refractivity contribution in [2.45, 2.75) is 26.2 Å². The van der Waals surface area contributed by atoms with Gasteiger partial charge in [0.15, 0.2) is 0 Å². The van der Waals surface area contributed by atoms with Crippen LogP contribution in [0.15, 0.2) is 21.3 Å². The molecule has 0 atom stereocenters. The number of aryl methyl sites for hydroxylation is 1. The molecule has 0 bridgehead atoms.